The van der Waals surface area contributed by atoms with Gasteiger partial charge in [-0.15, -0.1) is 0 Å². The zero-order chi connectivity index (χ0) is 14.8. The molecular weight excluding hydrogens is 277 g/mol. The summed E-state index contributed by atoms with van der Waals surface area (Å²) in [6.45, 7) is 5.75. The monoisotopic (exact) mass is 297 g/mol. The maximum absolute atomic E-state index is 13.7. The molecule has 1 aliphatic heterocycles. The molecule has 0 spiro atoms. The van der Waals surface area contributed by atoms with E-state index in [0.717, 1.165) is 25.9 Å². The molecule has 0 bridgehead atoms. The zero-order valence-electron chi connectivity index (χ0n) is 12.1. The van der Waals surface area contributed by atoms with Gasteiger partial charge in [-0.2, -0.15) is 0 Å². The van der Waals surface area contributed by atoms with Crippen molar-refractivity contribution in [2.75, 3.05) is 13.1 Å². The van der Waals surface area contributed by atoms with Crippen molar-refractivity contribution in [1.29, 1.82) is 0 Å². The second-order valence-electron chi connectivity index (χ2n) is 5.94. The number of hydrogen-bond donors (Lipinski definition) is 0. The molecule has 0 atom stereocenters. The Morgan fingerprint density at radius 1 is 1.30 bits per heavy atom. The Bertz CT molecular complexity index is 495. The van der Waals surface area contributed by atoms with Gasteiger partial charge in [0.05, 0.1) is 5.54 Å². The molecule has 20 heavy (non-hydrogen) atoms. The van der Waals surface area contributed by atoms with E-state index in [1.54, 1.807) is 6.07 Å². The first kappa shape index (κ1) is 15.5. The molecule has 110 valence electrons. The minimum Gasteiger partial charge on any atom is -0.297 e. The highest BCUT2D eigenvalue weighted by Gasteiger charge is 2.34. The topological polar surface area (TPSA) is 20.3 Å². The SMILES string of the molecule is CC(C)(C(=O)Cc1cc(Cl)ccc1F)N1CCCCC1. The van der Waals surface area contributed by atoms with Crippen LogP contribution in [0.4, 0.5) is 4.39 Å². The van der Waals surface area contributed by atoms with Crippen LogP contribution in [-0.4, -0.2) is 29.3 Å². The molecule has 0 amide bonds. The number of benzene rings is 1. The summed E-state index contributed by atoms with van der Waals surface area (Å²) >= 11 is 5.87. The fraction of sp³-hybridized carbons (Fsp3) is 0.562. The van der Waals surface area contributed by atoms with Crippen LogP contribution in [0.25, 0.3) is 0 Å². The van der Waals surface area contributed by atoms with E-state index in [9.17, 15) is 9.18 Å². The number of nitrogens with zero attached hydrogens (tertiary/aromatic N) is 1. The molecular formula is C16H21ClFNO. The van der Waals surface area contributed by atoms with E-state index in [1.807, 2.05) is 13.8 Å². The van der Waals surface area contributed by atoms with E-state index in [-0.39, 0.29) is 18.0 Å². The maximum Gasteiger partial charge on any atom is 0.156 e. The quantitative estimate of drug-likeness (QED) is 0.841. The Kier molecular flexibility index (Phi) is 4.82. The van der Waals surface area contributed by atoms with Crippen molar-refractivity contribution in [2.24, 2.45) is 0 Å². The lowest BCUT2D eigenvalue weighted by molar-refractivity contribution is -0.129. The number of likely N-dealkylation sites (tertiary alicyclic amines) is 1. The lowest BCUT2D eigenvalue weighted by Crippen LogP contribution is -2.52. The summed E-state index contributed by atoms with van der Waals surface area (Å²) in [6, 6.07) is 4.36. The lowest BCUT2D eigenvalue weighted by atomic mass is 9.90. The third-order valence-corrected chi connectivity index (χ3v) is 4.42. The molecule has 1 aliphatic rings. The van der Waals surface area contributed by atoms with Gasteiger partial charge in [-0.05, 0) is 63.5 Å². The van der Waals surface area contributed by atoms with Gasteiger partial charge in [-0.25, -0.2) is 4.39 Å². The number of piperidine rings is 1. The molecule has 0 aromatic heterocycles. The molecule has 1 saturated heterocycles. The average Bonchev–Trinajstić information content (AvgIpc) is 2.43. The van der Waals surface area contributed by atoms with Crippen LogP contribution >= 0.6 is 11.6 Å². The molecule has 1 aromatic carbocycles. The van der Waals surface area contributed by atoms with Gasteiger partial charge in [0.2, 0.25) is 0 Å². The van der Waals surface area contributed by atoms with Crippen LogP contribution in [0.2, 0.25) is 5.02 Å². The van der Waals surface area contributed by atoms with E-state index < -0.39 is 5.54 Å². The summed E-state index contributed by atoms with van der Waals surface area (Å²) in [5.74, 6) is -0.322. The van der Waals surface area contributed by atoms with Crippen LogP contribution < -0.4 is 0 Å². The Morgan fingerprint density at radius 2 is 1.95 bits per heavy atom. The summed E-state index contributed by atoms with van der Waals surface area (Å²) in [6.07, 6.45) is 3.57. The van der Waals surface area contributed by atoms with E-state index >= 15 is 0 Å². The van der Waals surface area contributed by atoms with Gasteiger partial charge in [0.1, 0.15) is 5.82 Å². The van der Waals surface area contributed by atoms with Crippen LogP contribution in [0.15, 0.2) is 18.2 Å². The van der Waals surface area contributed by atoms with Crippen LogP contribution in [0.5, 0.6) is 0 Å². The highest BCUT2D eigenvalue weighted by molar-refractivity contribution is 6.30. The summed E-state index contributed by atoms with van der Waals surface area (Å²) in [5, 5.41) is 0.463. The molecule has 2 rings (SSSR count). The Hall–Kier alpha value is -0.930. The molecule has 4 heteroatoms. The fourth-order valence-electron chi connectivity index (χ4n) is 2.70. The molecule has 2 nitrogen and oxygen atoms in total. The molecule has 0 saturated carbocycles. The van der Waals surface area contributed by atoms with Crippen molar-refractivity contribution in [1.82, 2.24) is 4.90 Å². The van der Waals surface area contributed by atoms with Crippen molar-refractivity contribution in [2.45, 2.75) is 45.1 Å². The number of halogens is 2. The molecule has 0 unspecified atom stereocenters. The van der Waals surface area contributed by atoms with Gasteiger partial charge < -0.3 is 0 Å². The maximum atomic E-state index is 13.7. The van der Waals surface area contributed by atoms with Crippen LogP contribution in [0.3, 0.4) is 0 Å². The molecule has 0 aliphatic carbocycles. The standard InChI is InChI=1S/C16H21ClFNO/c1-16(2,19-8-4-3-5-9-19)15(20)11-12-10-13(17)6-7-14(12)18/h6-7,10H,3-5,8-9,11H2,1-2H3. The number of Topliss-reactive ketones (excluding diaryl/α,β-unsaturated/α-hetero) is 1. The zero-order valence-corrected chi connectivity index (χ0v) is 12.8. The van der Waals surface area contributed by atoms with Crippen molar-refractivity contribution < 1.29 is 9.18 Å². The molecule has 0 radical (unpaired) electrons. The molecule has 1 aromatic rings. The molecule has 1 heterocycles. The van der Waals surface area contributed by atoms with Crippen LogP contribution in [0, 0.1) is 5.82 Å². The minimum absolute atomic E-state index is 0.0422. The Morgan fingerprint density at radius 3 is 2.60 bits per heavy atom. The van der Waals surface area contributed by atoms with Crippen molar-refractivity contribution in [3.8, 4) is 0 Å². The predicted octanol–water partition coefficient (Wildman–Crippen LogP) is 3.86. The van der Waals surface area contributed by atoms with Crippen molar-refractivity contribution >= 4 is 17.4 Å². The number of ketones is 1. The number of carbonyl (C=O) groups is 1. The van der Waals surface area contributed by atoms with Crippen molar-refractivity contribution in [3.63, 3.8) is 0 Å². The summed E-state index contributed by atoms with van der Waals surface area (Å²) in [7, 11) is 0. The highest BCUT2D eigenvalue weighted by Crippen LogP contribution is 2.24. The first-order valence-electron chi connectivity index (χ1n) is 7.13. The summed E-state index contributed by atoms with van der Waals surface area (Å²) in [4.78, 5) is 14.8. The summed E-state index contributed by atoms with van der Waals surface area (Å²) < 4.78 is 13.7. The van der Waals surface area contributed by atoms with Gasteiger partial charge in [0, 0.05) is 11.4 Å². The van der Waals surface area contributed by atoms with E-state index in [2.05, 4.69) is 4.90 Å². The largest absolute Gasteiger partial charge is 0.297 e. The molecule has 0 N–H and O–H groups in total. The minimum atomic E-state index is -0.546. The fourth-order valence-corrected chi connectivity index (χ4v) is 2.89. The molecule has 1 fully saturated rings. The van der Waals surface area contributed by atoms with Gasteiger partial charge in [-0.3, -0.25) is 9.69 Å². The van der Waals surface area contributed by atoms with E-state index in [0.29, 0.717) is 10.6 Å². The highest BCUT2D eigenvalue weighted by atomic mass is 35.5. The van der Waals surface area contributed by atoms with Crippen molar-refractivity contribution in [3.05, 3.63) is 34.6 Å². The second-order valence-corrected chi connectivity index (χ2v) is 6.38. The van der Waals surface area contributed by atoms with E-state index in [1.165, 1.54) is 18.6 Å². The van der Waals surface area contributed by atoms with Gasteiger partial charge in [-0.1, -0.05) is 18.0 Å². The van der Waals surface area contributed by atoms with Crippen LogP contribution in [-0.2, 0) is 11.2 Å². The third-order valence-electron chi connectivity index (χ3n) is 4.19. The second kappa shape index (κ2) is 6.23. The lowest BCUT2D eigenvalue weighted by Gasteiger charge is -2.39. The average molecular weight is 298 g/mol. The number of hydrogen-bond acceptors (Lipinski definition) is 2. The predicted molar refractivity (Wildman–Crippen MR) is 79.6 cm³/mol. The third kappa shape index (κ3) is 3.39. The Balaban J connectivity index is 2.11. The number of carbonyl (C=O) groups excluding carboxylic acids is 1. The first-order valence-corrected chi connectivity index (χ1v) is 7.51. The van der Waals surface area contributed by atoms with Gasteiger partial charge in [0.25, 0.3) is 0 Å². The van der Waals surface area contributed by atoms with E-state index in [4.69, 9.17) is 11.6 Å². The van der Waals surface area contributed by atoms with Crippen LogP contribution in [0.1, 0.15) is 38.7 Å². The Labute approximate surface area is 124 Å². The normalized spacial score (nSPS) is 17.2. The van der Waals surface area contributed by atoms with Gasteiger partial charge in [0.15, 0.2) is 5.78 Å². The smallest absolute Gasteiger partial charge is 0.156 e. The van der Waals surface area contributed by atoms with Gasteiger partial charge >= 0.3 is 0 Å². The first-order chi connectivity index (χ1) is 9.41. The number of rotatable bonds is 4. The summed E-state index contributed by atoms with van der Waals surface area (Å²) in [5.41, 5.74) is -0.164.